The first-order valence-electron chi connectivity index (χ1n) is 5.58. The molecular formula is C10H21NO6S. The number of hydrogen-bond donors (Lipinski definition) is 1. The van der Waals surface area contributed by atoms with Crippen LogP contribution in [0.5, 0.6) is 0 Å². The summed E-state index contributed by atoms with van der Waals surface area (Å²) >= 11 is 0. The van der Waals surface area contributed by atoms with Crippen LogP contribution in [0.15, 0.2) is 0 Å². The molecule has 0 saturated heterocycles. The largest absolute Gasteiger partial charge is 0.444 e. The van der Waals surface area contributed by atoms with Crippen molar-refractivity contribution < 1.29 is 26.9 Å². The van der Waals surface area contributed by atoms with E-state index in [4.69, 9.17) is 9.47 Å². The van der Waals surface area contributed by atoms with Gasteiger partial charge in [0.2, 0.25) is 0 Å². The molecular weight excluding hydrogens is 262 g/mol. The molecule has 0 aliphatic rings. The van der Waals surface area contributed by atoms with Gasteiger partial charge < -0.3 is 14.8 Å². The molecule has 18 heavy (non-hydrogen) atoms. The van der Waals surface area contributed by atoms with E-state index in [0.717, 1.165) is 0 Å². The highest BCUT2D eigenvalue weighted by molar-refractivity contribution is 7.86. The quantitative estimate of drug-likeness (QED) is 0.550. The Morgan fingerprint density at radius 2 is 1.89 bits per heavy atom. The number of nitrogens with one attached hydrogen (secondary N) is 1. The van der Waals surface area contributed by atoms with Crippen molar-refractivity contribution in [1.82, 2.24) is 5.32 Å². The summed E-state index contributed by atoms with van der Waals surface area (Å²) in [6.45, 7) is 7.11. The van der Waals surface area contributed by atoms with E-state index < -0.39 is 27.8 Å². The normalized spacial score (nSPS) is 12.2. The highest BCUT2D eigenvalue weighted by atomic mass is 32.2. The second kappa shape index (κ2) is 7.55. The van der Waals surface area contributed by atoms with E-state index in [9.17, 15) is 13.2 Å². The standard InChI is InChI=1S/C10H21NO6S/c1-5-16-18(13,14)8-15-7-6-11-9(12)17-10(2,3)4/h5-8H2,1-4H3,(H,11,12). The van der Waals surface area contributed by atoms with Crippen LogP contribution in [0.4, 0.5) is 4.79 Å². The molecule has 0 aliphatic carbocycles. The van der Waals surface area contributed by atoms with E-state index in [-0.39, 0.29) is 19.8 Å². The zero-order valence-corrected chi connectivity index (χ0v) is 12.0. The van der Waals surface area contributed by atoms with E-state index in [1.54, 1.807) is 27.7 Å². The van der Waals surface area contributed by atoms with Crippen molar-refractivity contribution in [3.63, 3.8) is 0 Å². The second-order valence-electron chi connectivity index (χ2n) is 4.42. The Kier molecular flexibility index (Phi) is 7.19. The van der Waals surface area contributed by atoms with E-state index >= 15 is 0 Å². The number of hydrogen-bond acceptors (Lipinski definition) is 6. The Balaban J connectivity index is 3.66. The van der Waals surface area contributed by atoms with Gasteiger partial charge in [-0.3, -0.25) is 4.18 Å². The Hall–Kier alpha value is -0.860. The van der Waals surface area contributed by atoms with Crippen LogP contribution in [0.1, 0.15) is 27.7 Å². The number of carbonyl (C=O) groups is 1. The molecule has 0 atom stereocenters. The maximum atomic E-state index is 11.2. The monoisotopic (exact) mass is 283 g/mol. The molecule has 8 heteroatoms. The zero-order valence-electron chi connectivity index (χ0n) is 11.2. The van der Waals surface area contributed by atoms with Crippen molar-refractivity contribution in [2.24, 2.45) is 0 Å². The minimum absolute atomic E-state index is 0.0611. The maximum Gasteiger partial charge on any atom is 0.407 e. The molecule has 108 valence electrons. The van der Waals surface area contributed by atoms with Gasteiger partial charge in [0, 0.05) is 6.54 Å². The summed E-state index contributed by atoms with van der Waals surface area (Å²) in [6.07, 6.45) is -0.571. The van der Waals surface area contributed by atoms with Crippen LogP contribution >= 0.6 is 0 Å². The third-order valence-electron chi connectivity index (χ3n) is 1.44. The number of carbonyl (C=O) groups excluding carboxylic acids is 1. The first-order chi connectivity index (χ1) is 8.16. The Labute approximate surface area is 108 Å². The van der Waals surface area contributed by atoms with Crippen molar-refractivity contribution in [2.45, 2.75) is 33.3 Å². The lowest BCUT2D eigenvalue weighted by atomic mass is 10.2. The van der Waals surface area contributed by atoms with Crippen molar-refractivity contribution in [3.05, 3.63) is 0 Å². The molecule has 1 amide bonds. The molecule has 7 nitrogen and oxygen atoms in total. The Bertz CT molecular complexity index is 346. The average molecular weight is 283 g/mol. The van der Waals surface area contributed by atoms with E-state index in [0.29, 0.717) is 0 Å². The molecule has 0 bridgehead atoms. The lowest BCUT2D eigenvalue weighted by molar-refractivity contribution is 0.0508. The van der Waals surface area contributed by atoms with Gasteiger partial charge in [0.25, 0.3) is 10.1 Å². The highest BCUT2D eigenvalue weighted by Gasteiger charge is 2.15. The molecule has 0 aromatic carbocycles. The molecule has 0 saturated carbocycles. The van der Waals surface area contributed by atoms with Gasteiger partial charge in [-0.15, -0.1) is 0 Å². The van der Waals surface area contributed by atoms with E-state index in [2.05, 4.69) is 9.50 Å². The SMILES string of the molecule is CCOS(=O)(=O)COCCNC(=O)OC(C)(C)C. The molecule has 0 rings (SSSR count). The minimum atomic E-state index is -3.63. The van der Waals surface area contributed by atoms with Gasteiger partial charge in [-0.2, -0.15) is 8.42 Å². The van der Waals surface area contributed by atoms with Gasteiger partial charge in [-0.25, -0.2) is 4.79 Å². The summed E-state index contributed by atoms with van der Waals surface area (Å²) in [4.78, 5) is 11.2. The summed E-state index contributed by atoms with van der Waals surface area (Å²) in [7, 11) is -3.63. The van der Waals surface area contributed by atoms with Gasteiger partial charge >= 0.3 is 6.09 Å². The fourth-order valence-corrected chi connectivity index (χ4v) is 1.66. The molecule has 1 N–H and O–H groups in total. The first-order valence-corrected chi connectivity index (χ1v) is 7.16. The van der Waals surface area contributed by atoms with Gasteiger partial charge in [0.1, 0.15) is 5.60 Å². The first kappa shape index (κ1) is 17.1. The molecule has 0 aliphatic heterocycles. The van der Waals surface area contributed by atoms with Gasteiger partial charge in [-0.1, -0.05) is 0 Å². The van der Waals surface area contributed by atoms with E-state index in [1.807, 2.05) is 0 Å². The predicted octanol–water partition coefficient (Wildman–Crippen LogP) is 0.852. The molecule has 0 heterocycles. The second-order valence-corrected chi connectivity index (χ2v) is 6.01. The van der Waals surface area contributed by atoms with Crippen LogP contribution in [-0.4, -0.2) is 45.8 Å². The lowest BCUT2D eigenvalue weighted by Crippen LogP contribution is -2.34. The van der Waals surface area contributed by atoms with Crippen LogP contribution in [0, 0.1) is 0 Å². The summed E-state index contributed by atoms with van der Waals surface area (Å²) in [5.41, 5.74) is -0.566. The molecule has 0 aromatic rings. The zero-order chi connectivity index (χ0) is 14.2. The van der Waals surface area contributed by atoms with Gasteiger partial charge in [0.15, 0.2) is 5.94 Å². The molecule has 0 spiro atoms. The van der Waals surface area contributed by atoms with Crippen molar-refractivity contribution in [1.29, 1.82) is 0 Å². The van der Waals surface area contributed by atoms with Crippen LogP contribution in [-0.2, 0) is 23.8 Å². The van der Waals surface area contributed by atoms with E-state index in [1.165, 1.54) is 0 Å². The van der Waals surface area contributed by atoms with Crippen LogP contribution in [0.2, 0.25) is 0 Å². The van der Waals surface area contributed by atoms with Gasteiger partial charge in [-0.05, 0) is 27.7 Å². The number of amides is 1. The summed E-state index contributed by atoms with van der Waals surface area (Å²) in [5, 5.41) is 2.44. The molecule has 0 unspecified atom stereocenters. The molecule has 0 aromatic heterocycles. The van der Waals surface area contributed by atoms with Crippen molar-refractivity contribution >= 4 is 16.2 Å². The topological polar surface area (TPSA) is 90.9 Å². The molecule has 0 fully saturated rings. The third kappa shape index (κ3) is 10.3. The lowest BCUT2D eigenvalue weighted by Gasteiger charge is -2.19. The molecule has 0 radical (unpaired) electrons. The van der Waals surface area contributed by atoms with Crippen LogP contribution in [0.3, 0.4) is 0 Å². The van der Waals surface area contributed by atoms with Crippen LogP contribution in [0.25, 0.3) is 0 Å². The Morgan fingerprint density at radius 1 is 1.28 bits per heavy atom. The predicted molar refractivity (Wildman–Crippen MR) is 65.6 cm³/mol. The minimum Gasteiger partial charge on any atom is -0.444 e. The third-order valence-corrected chi connectivity index (χ3v) is 2.49. The van der Waals surface area contributed by atoms with Crippen LogP contribution < -0.4 is 5.32 Å². The fraction of sp³-hybridized carbons (Fsp3) is 0.900. The highest BCUT2D eigenvalue weighted by Crippen LogP contribution is 2.06. The number of ether oxygens (including phenoxy) is 2. The summed E-state index contributed by atoms with van der Waals surface area (Å²) < 4.78 is 36.4. The van der Waals surface area contributed by atoms with Crippen molar-refractivity contribution in [2.75, 3.05) is 25.7 Å². The smallest absolute Gasteiger partial charge is 0.407 e. The maximum absolute atomic E-state index is 11.2. The number of rotatable bonds is 7. The summed E-state index contributed by atoms with van der Waals surface area (Å²) in [6, 6.07) is 0. The Morgan fingerprint density at radius 3 is 2.39 bits per heavy atom. The number of alkyl carbamates (subject to hydrolysis) is 1. The van der Waals surface area contributed by atoms with Gasteiger partial charge in [0.05, 0.1) is 13.2 Å². The summed E-state index contributed by atoms with van der Waals surface area (Å²) in [5.74, 6) is -0.531. The fourth-order valence-electron chi connectivity index (χ4n) is 0.914. The average Bonchev–Trinajstić information content (AvgIpc) is 2.13. The van der Waals surface area contributed by atoms with Crippen molar-refractivity contribution in [3.8, 4) is 0 Å².